The van der Waals surface area contributed by atoms with Crippen molar-refractivity contribution in [3.63, 3.8) is 0 Å². The molecule has 0 saturated heterocycles. The third-order valence-electron chi connectivity index (χ3n) is 3.70. The van der Waals surface area contributed by atoms with Crippen molar-refractivity contribution >= 4 is 0 Å². The van der Waals surface area contributed by atoms with Gasteiger partial charge in [-0.25, -0.2) is 0 Å². The van der Waals surface area contributed by atoms with E-state index in [-0.39, 0.29) is 5.43 Å². The minimum absolute atomic E-state index is 0.0305. The first-order chi connectivity index (χ1) is 11.2. The smallest absolute Gasteiger partial charge is 0.197 e. The Bertz CT molecular complexity index is 866. The molecule has 0 amide bonds. The normalized spacial score (nSPS) is 10.5. The van der Waals surface area contributed by atoms with Crippen LogP contribution in [0.4, 0.5) is 0 Å². The summed E-state index contributed by atoms with van der Waals surface area (Å²) < 4.78 is 7.47. The highest BCUT2D eigenvalue weighted by molar-refractivity contribution is 5.72. The van der Waals surface area contributed by atoms with Crippen LogP contribution in [0.15, 0.2) is 71.8 Å². The van der Waals surface area contributed by atoms with Crippen LogP contribution in [-0.4, -0.2) is 11.2 Å². The Morgan fingerprint density at radius 2 is 1.57 bits per heavy atom. The molecule has 0 saturated carbocycles. The van der Waals surface area contributed by atoms with Crippen LogP contribution in [0.5, 0.6) is 5.75 Å². The van der Waals surface area contributed by atoms with Gasteiger partial charge in [0.1, 0.15) is 5.75 Å². The average Bonchev–Trinajstić information content (AvgIpc) is 2.58. The molecule has 0 radical (unpaired) electrons. The van der Waals surface area contributed by atoms with Crippen LogP contribution >= 0.6 is 0 Å². The Balaban J connectivity index is 2.16. The maximum atomic E-state index is 12.9. The summed E-state index contributed by atoms with van der Waals surface area (Å²) in [5.74, 6) is 0.775. The van der Waals surface area contributed by atoms with Gasteiger partial charge in [-0.3, -0.25) is 4.79 Å². The summed E-state index contributed by atoms with van der Waals surface area (Å²) in [4.78, 5) is 12.9. The van der Waals surface area contributed by atoms with Crippen LogP contribution in [0, 0.1) is 0 Å². The molecular weight excluding hydrogens is 286 g/mol. The quantitative estimate of drug-likeness (QED) is 0.726. The summed E-state index contributed by atoms with van der Waals surface area (Å²) in [5, 5.41) is 0. The van der Waals surface area contributed by atoms with Gasteiger partial charge in [0, 0.05) is 30.6 Å². The van der Waals surface area contributed by atoms with E-state index < -0.39 is 0 Å². The number of ether oxygens (including phenoxy) is 1. The topological polar surface area (TPSA) is 31.2 Å². The van der Waals surface area contributed by atoms with Gasteiger partial charge in [-0.1, -0.05) is 42.5 Å². The molecule has 1 heterocycles. The van der Waals surface area contributed by atoms with Gasteiger partial charge < -0.3 is 9.30 Å². The number of rotatable bonds is 4. The summed E-state index contributed by atoms with van der Waals surface area (Å²) in [7, 11) is 1.93. The molecule has 0 aliphatic heterocycles. The van der Waals surface area contributed by atoms with Crippen molar-refractivity contribution in [1.82, 2.24) is 4.57 Å². The lowest BCUT2D eigenvalue weighted by molar-refractivity contribution is 0.340. The fourth-order valence-corrected chi connectivity index (χ4v) is 2.66. The first-order valence-corrected chi connectivity index (χ1v) is 7.68. The largest absolute Gasteiger partial charge is 0.494 e. The molecule has 0 bridgehead atoms. The van der Waals surface area contributed by atoms with E-state index in [0.717, 1.165) is 16.9 Å². The molecule has 0 aliphatic carbocycles. The van der Waals surface area contributed by atoms with E-state index in [9.17, 15) is 4.79 Å². The summed E-state index contributed by atoms with van der Waals surface area (Å²) in [5.41, 5.74) is 3.20. The maximum Gasteiger partial charge on any atom is 0.197 e. The third kappa shape index (κ3) is 3.19. The van der Waals surface area contributed by atoms with Gasteiger partial charge in [0.2, 0.25) is 0 Å². The molecule has 3 aromatic rings. The van der Waals surface area contributed by atoms with Crippen molar-refractivity contribution in [3.05, 3.63) is 77.2 Å². The average molecular weight is 305 g/mol. The van der Waals surface area contributed by atoms with E-state index >= 15 is 0 Å². The highest BCUT2D eigenvalue weighted by Gasteiger charge is 2.11. The van der Waals surface area contributed by atoms with Gasteiger partial charge in [0.15, 0.2) is 5.43 Å². The molecule has 116 valence electrons. The summed E-state index contributed by atoms with van der Waals surface area (Å²) >= 11 is 0. The zero-order valence-electron chi connectivity index (χ0n) is 13.3. The second-order valence-electron chi connectivity index (χ2n) is 5.41. The van der Waals surface area contributed by atoms with Crippen molar-refractivity contribution in [1.29, 1.82) is 0 Å². The fourth-order valence-electron chi connectivity index (χ4n) is 2.66. The van der Waals surface area contributed by atoms with Crippen molar-refractivity contribution in [3.8, 4) is 28.0 Å². The Morgan fingerprint density at radius 3 is 2.26 bits per heavy atom. The maximum absolute atomic E-state index is 12.9. The van der Waals surface area contributed by atoms with Gasteiger partial charge in [0.05, 0.1) is 6.61 Å². The molecule has 0 fully saturated rings. The molecule has 0 unspecified atom stereocenters. The number of aromatic nitrogens is 1. The summed E-state index contributed by atoms with van der Waals surface area (Å²) in [6, 6.07) is 17.4. The lowest BCUT2D eigenvalue weighted by atomic mass is 10.0. The van der Waals surface area contributed by atoms with Crippen molar-refractivity contribution in [2.24, 2.45) is 7.05 Å². The molecule has 0 N–H and O–H groups in total. The molecule has 0 aliphatic rings. The molecular formula is C20H19NO2. The molecule has 23 heavy (non-hydrogen) atoms. The minimum Gasteiger partial charge on any atom is -0.494 e. The van der Waals surface area contributed by atoms with Crippen molar-refractivity contribution < 1.29 is 4.74 Å². The van der Waals surface area contributed by atoms with E-state index in [1.54, 1.807) is 0 Å². The van der Waals surface area contributed by atoms with Crippen LogP contribution in [0.1, 0.15) is 6.92 Å². The molecule has 3 heteroatoms. The minimum atomic E-state index is 0.0305. The SMILES string of the molecule is CCOc1cccc(-c2cn(C)cc(-c3ccccc3)c2=O)c1. The number of pyridine rings is 1. The monoisotopic (exact) mass is 305 g/mol. The van der Waals surface area contributed by atoms with Crippen LogP contribution in [0.3, 0.4) is 0 Å². The van der Waals surface area contributed by atoms with Crippen molar-refractivity contribution in [2.45, 2.75) is 6.92 Å². The van der Waals surface area contributed by atoms with Gasteiger partial charge in [0.25, 0.3) is 0 Å². The van der Waals surface area contributed by atoms with Crippen LogP contribution < -0.4 is 10.2 Å². The van der Waals surface area contributed by atoms with Crippen LogP contribution in [0.2, 0.25) is 0 Å². The number of nitrogens with zero attached hydrogens (tertiary/aromatic N) is 1. The summed E-state index contributed by atoms with van der Waals surface area (Å²) in [6.45, 7) is 2.55. The molecule has 3 rings (SSSR count). The first kappa shape index (κ1) is 15.1. The number of aryl methyl sites for hydroxylation is 1. The van der Waals surface area contributed by atoms with Gasteiger partial charge >= 0.3 is 0 Å². The van der Waals surface area contributed by atoms with E-state index in [2.05, 4.69) is 0 Å². The van der Waals surface area contributed by atoms with Crippen LogP contribution in [-0.2, 0) is 7.05 Å². The standard InChI is InChI=1S/C20H19NO2/c1-3-23-17-11-7-10-16(12-17)19-14-21(2)13-18(20(19)22)15-8-5-4-6-9-15/h4-14H,3H2,1-2H3. The predicted molar refractivity (Wildman–Crippen MR) is 93.7 cm³/mol. The lowest BCUT2D eigenvalue weighted by Crippen LogP contribution is -2.11. The number of hydrogen-bond donors (Lipinski definition) is 0. The van der Waals surface area contributed by atoms with Crippen LogP contribution in [0.25, 0.3) is 22.3 Å². The first-order valence-electron chi connectivity index (χ1n) is 7.68. The zero-order valence-corrected chi connectivity index (χ0v) is 13.3. The highest BCUT2D eigenvalue weighted by Crippen LogP contribution is 2.24. The predicted octanol–water partition coefficient (Wildman–Crippen LogP) is 4.12. The second-order valence-corrected chi connectivity index (χ2v) is 5.41. The Kier molecular flexibility index (Phi) is 4.29. The Labute approximate surface area is 135 Å². The molecule has 0 spiro atoms. The van der Waals surface area contributed by atoms with Gasteiger partial charge in [-0.05, 0) is 30.2 Å². The van der Waals surface area contributed by atoms with Gasteiger partial charge in [-0.15, -0.1) is 0 Å². The third-order valence-corrected chi connectivity index (χ3v) is 3.70. The summed E-state index contributed by atoms with van der Waals surface area (Å²) in [6.07, 6.45) is 3.73. The van der Waals surface area contributed by atoms with E-state index in [1.165, 1.54) is 0 Å². The molecule has 1 aromatic heterocycles. The lowest BCUT2D eigenvalue weighted by Gasteiger charge is -2.10. The Hall–Kier alpha value is -2.81. The van der Waals surface area contributed by atoms with E-state index in [0.29, 0.717) is 17.7 Å². The Morgan fingerprint density at radius 1 is 0.913 bits per heavy atom. The second kappa shape index (κ2) is 6.53. The molecule has 3 nitrogen and oxygen atoms in total. The van der Waals surface area contributed by atoms with Gasteiger partial charge in [-0.2, -0.15) is 0 Å². The van der Waals surface area contributed by atoms with E-state index in [4.69, 9.17) is 4.74 Å². The zero-order chi connectivity index (χ0) is 16.2. The number of hydrogen-bond acceptors (Lipinski definition) is 2. The molecule has 2 aromatic carbocycles. The molecule has 0 atom stereocenters. The van der Waals surface area contributed by atoms with Crippen molar-refractivity contribution in [2.75, 3.05) is 6.61 Å². The number of benzene rings is 2. The van der Waals surface area contributed by atoms with E-state index in [1.807, 2.05) is 85.5 Å². The fraction of sp³-hybridized carbons (Fsp3) is 0.150. The highest BCUT2D eigenvalue weighted by atomic mass is 16.5.